The van der Waals surface area contributed by atoms with E-state index in [9.17, 15) is 9.90 Å². The van der Waals surface area contributed by atoms with Gasteiger partial charge in [0, 0.05) is 12.0 Å². The minimum absolute atomic E-state index is 0.314. The third-order valence-electron chi connectivity index (χ3n) is 4.07. The van der Waals surface area contributed by atoms with E-state index in [0.29, 0.717) is 23.7 Å². The van der Waals surface area contributed by atoms with Gasteiger partial charge in [0.05, 0.1) is 24.6 Å². The molecule has 112 valence electrons. The summed E-state index contributed by atoms with van der Waals surface area (Å²) in [5, 5.41) is 11.5. The van der Waals surface area contributed by atoms with Crippen molar-refractivity contribution in [1.29, 1.82) is 0 Å². The molecule has 0 bridgehead atoms. The van der Waals surface area contributed by atoms with E-state index in [0.717, 1.165) is 31.0 Å². The van der Waals surface area contributed by atoms with E-state index in [1.807, 2.05) is 6.92 Å². The van der Waals surface area contributed by atoms with E-state index in [-0.39, 0.29) is 0 Å². The van der Waals surface area contributed by atoms with Crippen LogP contribution in [0.25, 0.3) is 0 Å². The Morgan fingerprint density at radius 1 is 1.30 bits per heavy atom. The van der Waals surface area contributed by atoms with Crippen LogP contribution in [0.4, 0.5) is 0 Å². The molecule has 4 heteroatoms. The Labute approximate surface area is 120 Å². The summed E-state index contributed by atoms with van der Waals surface area (Å²) in [5.74, 6) is 0.611. The van der Waals surface area contributed by atoms with E-state index in [1.165, 1.54) is 24.2 Å². The zero-order valence-electron chi connectivity index (χ0n) is 12.8. The molecule has 1 aromatic rings. The van der Waals surface area contributed by atoms with E-state index in [1.54, 1.807) is 0 Å². The van der Waals surface area contributed by atoms with Crippen LogP contribution < -0.4 is 10.0 Å². The number of carbonyl (C=O) groups is 1. The summed E-state index contributed by atoms with van der Waals surface area (Å²) in [6, 6.07) is 0. The van der Waals surface area contributed by atoms with Gasteiger partial charge in [0.1, 0.15) is 18.1 Å². The normalized spacial score (nSPS) is 16.8. The first kappa shape index (κ1) is 15.1. The molecule has 4 nitrogen and oxygen atoms in total. The van der Waals surface area contributed by atoms with Crippen LogP contribution in [0.2, 0.25) is 0 Å². The van der Waals surface area contributed by atoms with Crippen molar-refractivity contribution in [3.8, 4) is 0 Å². The first-order valence-electron chi connectivity index (χ1n) is 7.65. The highest BCUT2D eigenvalue weighted by Gasteiger charge is 2.24. The number of quaternary nitrogens is 1. The number of carboxylic acid groups (broad SMARTS) is 1. The second-order valence-electron chi connectivity index (χ2n) is 6.31. The maximum Gasteiger partial charge on any atom is 0.113 e. The van der Waals surface area contributed by atoms with Gasteiger partial charge in [0.2, 0.25) is 0 Å². The molecule has 0 radical (unpaired) electrons. The molecule has 0 amide bonds. The number of carbonyl (C=O) groups excluding carboxylic acids is 1. The van der Waals surface area contributed by atoms with Crippen molar-refractivity contribution in [3.05, 3.63) is 22.6 Å². The molecule has 1 saturated heterocycles. The highest BCUT2D eigenvalue weighted by Crippen LogP contribution is 2.24. The molecule has 0 atom stereocenters. The number of hydrogen-bond acceptors (Lipinski definition) is 3. The largest absolute Gasteiger partial charge is 0.545 e. The van der Waals surface area contributed by atoms with Crippen LogP contribution in [0.15, 0.2) is 4.42 Å². The number of hydrogen-bond donors (Lipinski definition) is 1. The highest BCUT2D eigenvalue weighted by atomic mass is 16.4. The molecule has 1 aromatic heterocycles. The summed E-state index contributed by atoms with van der Waals surface area (Å²) in [4.78, 5) is 13.0. The Morgan fingerprint density at radius 3 is 2.50 bits per heavy atom. The van der Waals surface area contributed by atoms with Gasteiger partial charge in [-0.3, -0.25) is 0 Å². The predicted molar refractivity (Wildman–Crippen MR) is 74.6 cm³/mol. The van der Waals surface area contributed by atoms with Crippen LogP contribution in [0.3, 0.4) is 0 Å². The lowest BCUT2D eigenvalue weighted by Gasteiger charge is -2.23. The fourth-order valence-corrected chi connectivity index (χ4v) is 3.08. The predicted octanol–water partition coefficient (Wildman–Crippen LogP) is 0.719. The Hall–Kier alpha value is -1.29. The topological polar surface area (TPSA) is 57.7 Å². The highest BCUT2D eigenvalue weighted by molar-refractivity contribution is 5.89. The second-order valence-corrected chi connectivity index (χ2v) is 6.31. The standard InChI is InChI=1S/C16H25NO3/c1-11(2)9-14-15(16(18)19)13(12(3)20-14)10-17-7-5-4-6-8-17/h11H,4-10H2,1-3H3,(H,18,19). The molecule has 0 aromatic carbocycles. The van der Waals surface area contributed by atoms with Gasteiger partial charge in [-0.25, -0.2) is 0 Å². The van der Waals surface area contributed by atoms with Gasteiger partial charge in [-0.15, -0.1) is 0 Å². The van der Waals surface area contributed by atoms with Crippen molar-refractivity contribution in [1.82, 2.24) is 0 Å². The number of nitrogens with one attached hydrogen (secondary N) is 1. The first-order chi connectivity index (χ1) is 9.49. The summed E-state index contributed by atoms with van der Waals surface area (Å²) >= 11 is 0. The molecule has 1 aliphatic heterocycles. The minimum Gasteiger partial charge on any atom is -0.545 e. The summed E-state index contributed by atoms with van der Waals surface area (Å²) in [6.45, 7) is 8.98. The van der Waals surface area contributed by atoms with E-state index in [2.05, 4.69) is 13.8 Å². The Kier molecular flexibility index (Phi) is 4.86. The Balaban J connectivity index is 2.25. The third-order valence-corrected chi connectivity index (χ3v) is 4.07. The van der Waals surface area contributed by atoms with Crippen molar-refractivity contribution in [3.63, 3.8) is 0 Å². The first-order valence-corrected chi connectivity index (χ1v) is 7.65. The van der Waals surface area contributed by atoms with Crippen LogP contribution in [0.5, 0.6) is 0 Å². The number of carboxylic acids is 1. The molecule has 1 aliphatic rings. The summed E-state index contributed by atoms with van der Waals surface area (Å²) in [6.07, 6.45) is 4.40. The summed E-state index contributed by atoms with van der Waals surface area (Å²) in [7, 11) is 0. The van der Waals surface area contributed by atoms with Crippen molar-refractivity contribution < 1.29 is 19.2 Å². The van der Waals surface area contributed by atoms with Crippen LogP contribution >= 0.6 is 0 Å². The average Bonchev–Trinajstić information content (AvgIpc) is 2.66. The molecule has 2 heterocycles. The molecule has 2 rings (SSSR count). The smallest absolute Gasteiger partial charge is 0.113 e. The third kappa shape index (κ3) is 3.42. The number of aromatic carboxylic acids is 1. The lowest BCUT2D eigenvalue weighted by atomic mass is 10.0. The number of rotatable bonds is 5. The van der Waals surface area contributed by atoms with E-state index < -0.39 is 5.97 Å². The molecule has 0 aliphatic carbocycles. The van der Waals surface area contributed by atoms with Gasteiger partial charge in [0.25, 0.3) is 0 Å². The maximum absolute atomic E-state index is 11.5. The SMILES string of the molecule is Cc1oc(CC(C)C)c(C(=O)[O-])c1C[NH+]1CCCCC1. The second kappa shape index (κ2) is 6.44. The van der Waals surface area contributed by atoms with Gasteiger partial charge in [0.15, 0.2) is 0 Å². The molecular formula is C16H25NO3. The zero-order valence-corrected chi connectivity index (χ0v) is 12.8. The molecule has 1 fully saturated rings. The lowest BCUT2D eigenvalue weighted by Crippen LogP contribution is -3.11. The van der Waals surface area contributed by atoms with Crippen LogP contribution in [0.1, 0.15) is 60.6 Å². The van der Waals surface area contributed by atoms with Gasteiger partial charge in [-0.1, -0.05) is 13.8 Å². The monoisotopic (exact) mass is 279 g/mol. The fourth-order valence-electron chi connectivity index (χ4n) is 3.08. The van der Waals surface area contributed by atoms with Gasteiger partial charge in [-0.2, -0.15) is 0 Å². The van der Waals surface area contributed by atoms with Crippen molar-refractivity contribution in [2.45, 2.75) is 53.0 Å². The summed E-state index contributed by atoms with van der Waals surface area (Å²) in [5.41, 5.74) is 1.16. The maximum atomic E-state index is 11.5. The minimum atomic E-state index is -1.09. The Morgan fingerprint density at radius 2 is 1.95 bits per heavy atom. The zero-order chi connectivity index (χ0) is 14.7. The van der Waals surface area contributed by atoms with Crippen LogP contribution in [-0.4, -0.2) is 19.1 Å². The van der Waals surface area contributed by atoms with Crippen LogP contribution in [-0.2, 0) is 13.0 Å². The fraction of sp³-hybridized carbons (Fsp3) is 0.688. The van der Waals surface area contributed by atoms with Gasteiger partial charge in [-0.05, 0) is 32.1 Å². The van der Waals surface area contributed by atoms with Crippen molar-refractivity contribution >= 4 is 5.97 Å². The quantitative estimate of drug-likeness (QED) is 0.864. The van der Waals surface area contributed by atoms with E-state index >= 15 is 0 Å². The molecule has 0 spiro atoms. The Bertz CT molecular complexity index is 470. The van der Waals surface area contributed by atoms with Crippen LogP contribution in [0, 0.1) is 12.8 Å². The number of piperidine rings is 1. The average molecular weight is 279 g/mol. The van der Waals surface area contributed by atoms with Gasteiger partial charge < -0.3 is 19.2 Å². The van der Waals surface area contributed by atoms with Crippen molar-refractivity contribution in [2.24, 2.45) is 5.92 Å². The molecule has 1 N–H and O–H groups in total. The molecule has 20 heavy (non-hydrogen) atoms. The number of aryl methyl sites for hydroxylation is 1. The van der Waals surface area contributed by atoms with E-state index in [4.69, 9.17) is 4.42 Å². The molecular weight excluding hydrogens is 254 g/mol. The van der Waals surface area contributed by atoms with Crippen molar-refractivity contribution in [2.75, 3.05) is 13.1 Å². The number of furan rings is 1. The summed E-state index contributed by atoms with van der Waals surface area (Å²) < 4.78 is 5.73. The number of likely N-dealkylation sites (tertiary alicyclic amines) is 1. The van der Waals surface area contributed by atoms with Gasteiger partial charge >= 0.3 is 0 Å². The molecule has 0 saturated carbocycles. The lowest BCUT2D eigenvalue weighted by molar-refractivity contribution is -0.918. The molecule has 0 unspecified atom stereocenters.